The largest absolute Gasteiger partial charge is 0.378 e. The molecule has 1 aliphatic heterocycles. The second kappa shape index (κ2) is 8.23. The first-order valence-electron chi connectivity index (χ1n) is 9.30. The van der Waals surface area contributed by atoms with Gasteiger partial charge in [-0.3, -0.25) is 4.79 Å². The Morgan fingerprint density at radius 1 is 1.19 bits per heavy atom. The van der Waals surface area contributed by atoms with Gasteiger partial charge in [0.2, 0.25) is 10.0 Å². The molecule has 1 atom stereocenters. The summed E-state index contributed by atoms with van der Waals surface area (Å²) in [6.07, 6.45) is 1.93. The third-order valence-corrected chi connectivity index (χ3v) is 6.75. The van der Waals surface area contributed by atoms with Crippen LogP contribution < -0.4 is 5.32 Å². The molecule has 0 radical (unpaired) electrons. The number of rotatable bonds is 6. The number of carbonyl (C=O) groups is 1. The van der Waals surface area contributed by atoms with Gasteiger partial charge in [0.15, 0.2) is 5.78 Å². The van der Waals surface area contributed by atoms with Crippen molar-refractivity contribution in [2.24, 2.45) is 5.92 Å². The molecule has 2 aromatic rings. The number of piperidine rings is 1. The predicted molar refractivity (Wildman–Crippen MR) is 108 cm³/mol. The van der Waals surface area contributed by atoms with E-state index in [1.807, 2.05) is 31.2 Å². The van der Waals surface area contributed by atoms with Crippen LogP contribution in [0, 0.1) is 12.8 Å². The fourth-order valence-electron chi connectivity index (χ4n) is 3.38. The molecule has 0 saturated carbocycles. The van der Waals surface area contributed by atoms with Crippen LogP contribution in [0.5, 0.6) is 0 Å². The zero-order chi connectivity index (χ0) is 19.4. The normalized spacial score (nSPS) is 18.2. The topological polar surface area (TPSA) is 66.5 Å². The van der Waals surface area contributed by atoms with Crippen molar-refractivity contribution in [3.05, 3.63) is 59.7 Å². The number of carbonyl (C=O) groups excluding carboxylic acids is 1. The maximum Gasteiger partial charge on any atom is 0.243 e. The number of hydrogen-bond acceptors (Lipinski definition) is 4. The lowest BCUT2D eigenvalue weighted by atomic mass is 10.0. The minimum Gasteiger partial charge on any atom is -0.378 e. The van der Waals surface area contributed by atoms with Crippen LogP contribution in [0.2, 0.25) is 0 Å². The number of ketones is 1. The van der Waals surface area contributed by atoms with Crippen molar-refractivity contribution in [1.82, 2.24) is 4.31 Å². The van der Waals surface area contributed by atoms with Crippen LogP contribution in [-0.4, -0.2) is 38.1 Å². The van der Waals surface area contributed by atoms with Gasteiger partial charge >= 0.3 is 0 Å². The molecule has 1 aliphatic rings. The van der Waals surface area contributed by atoms with Crippen molar-refractivity contribution in [3.8, 4) is 0 Å². The summed E-state index contributed by atoms with van der Waals surface area (Å²) in [6, 6.07) is 14.1. The van der Waals surface area contributed by atoms with Crippen LogP contribution >= 0.6 is 0 Å². The fraction of sp³-hybridized carbons (Fsp3) is 0.381. The molecule has 0 aromatic heterocycles. The Kier molecular flexibility index (Phi) is 5.97. The zero-order valence-corrected chi connectivity index (χ0v) is 16.6. The molecule has 0 bridgehead atoms. The van der Waals surface area contributed by atoms with Gasteiger partial charge in [-0.05, 0) is 55.5 Å². The summed E-state index contributed by atoms with van der Waals surface area (Å²) in [5.74, 6) is 0.220. The fourth-order valence-corrected chi connectivity index (χ4v) is 5.03. The van der Waals surface area contributed by atoms with Crippen LogP contribution in [0.1, 0.15) is 35.7 Å². The first kappa shape index (κ1) is 19.6. The standard InChI is InChI=1S/C21H26N2O3S/c1-16-6-3-9-19(12-16)22-14-21(24)18-8-4-10-20(13-18)27(25,26)23-11-5-7-17(2)15-23/h3-4,6,8-10,12-13,17,22H,5,7,11,14-15H2,1-2H3. The predicted octanol–water partition coefficient (Wildman–Crippen LogP) is 3.71. The summed E-state index contributed by atoms with van der Waals surface area (Å²) in [4.78, 5) is 12.7. The highest BCUT2D eigenvalue weighted by Crippen LogP contribution is 2.24. The van der Waals surface area contributed by atoms with E-state index in [0.29, 0.717) is 24.6 Å². The average molecular weight is 387 g/mol. The van der Waals surface area contributed by atoms with E-state index in [1.165, 1.54) is 10.4 Å². The van der Waals surface area contributed by atoms with Crippen molar-refractivity contribution in [2.75, 3.05) is 25.0 Å². The molecule has 0 aliphatic carbocycles. The summed E-state index contributed by atoms with van der Waals surface area (Å²) in [5.41, 5.74) is 2.38. The molecule has 0 spiro atoms. The van der Waals surface area contributed by atoms with E-state index in [2.05, 4.69) is 12.2 Å². The van der Waals surface area contributed by atoms with Crippen molar-refractivity contribution in [3.63, 3.8) is 0 Å². The molecule has 27 heavy (non-hydrogen) atoms. The minimum absolute atomic E-state index is 0.119. The molecule has 1 heterocycles. The number of anilines is 1. The zero-order valence-electron chi connectivity index (χ0n) is 15.8. The number of nitrogens with one attached hydrogen (secondary N) is 1. The molecule has 144 valence electrons. The van der Waals surface area contributed by atoms with Crippen LogP contribution in [0.25, 0.3) is 0 Å². The van der Waals surface area contributed by atoms with Gasteiger partial charge in [-0.2, -0.15) is 4.31 Å². The van der Waals surface area contributed by atoms with E-state index in [9.17, 15) is 13.2 Å². The molecule has 1 saturated heterocycles. The average Bonchev–Trinajstić information content (AvgIpc) is 2.66. The van der Waals surface area contributed by atoms with E-state index >= 15 is 0 Å². The van der Waals surface area contributed by atoms with Crippen molar-refractivity contribution >= 4 is 21.5 Å². The van der Waals surface area contributed by atoms with Gasteiger partial charge in [0.1, 0.15) is 0 Å². The molecule has 5 nitrogen and oxygen atoms in total. The highest BCUT2D eigenvalue weighted by atomic mass is 32.2. The molecule has 1 fully saturated rings. The second-order valence-electron chi connectivity index (χ2n) is 7.28. The maximum atomic E-state index is 12.9. The third-order valence-electron chi connectivity index (χ3n) is 4.88. The Morgan fingerprint density at radius 3 is 2.70 bits per heavy atom. The summed E-state index contributed by atoms with van der Waals surface area (Å²) in [6.45, 7) is 5.25. The molecule has 1 unspecified atom stereocenters. The van der Waals surface area contributed by atoms with E-state index in [4.69, 9.17) is 0 Å². The Bertz CT molecular complexity index is 925. The van der Waals surface area contributed by atoms with Crippen molar-refractivity contribution in [2.45, 2.75) is 31.6 Å². The number of sulfonamides is 1. The quantitative estimate of drug-likeness (QED) is 0.769. The number of hydrogen-bond donors (Lipinski definition) is 1. The van der Waals surface area contributed by atoms with Crippen LogP contribution in [0.3, 0.4) is 0 Å². The summed E-state index contributed by atoms with van der Waals surface area (Å²) in [5, 5.41) is 3.10. The van der Waals surface area contributed by atoms with Gasteiger partial charge in [0.25, 0.3) is 0 Å². The first-order chi connectivity index (χ1) is 12.9. The van der Waals surface area contributed by atoms with E-state index < -0.39 is 10.0 Å². The molecule has 6 heteroatoms. The Balaban J connectivity index is 1.73. The van der Waals surface area contributed by atoms with Crippen LogP contribution in [-0.2, 0) is 10.0 Å². The lowest BCUT2D eigenvalue weighted by molar-refractivity contribution is 0.101. The van der Waals surface area contributed by atoms with Crippen LogP contribution in [0.4, 0.5) is 5.69 Å². The lowest BCUT2D eigenvalue weighted by Gasteiger charge is -2.30. The molecule has 3 rings (SSSR count). The smallest absolute Gasteiger partial charge is 0.243 e. The number of nitrogens with zero attached hydrogens (tertiary/aromatic N) is 1. The summed E-state index contributed by atoms with van der Waals surface area (Å²) >= 11 is 0. The van der Waals surface area contributed by atoms with Gasteiger partial charge in [0.05, 0.1) is 11.4 Å². The summed E-state index contributed by atoms with van der Waals surface area (Å²) < 4.78 is 27.4. The molecule has 1 N–H and O–H groups in total. The molecular formula is C21H26N2O3S. The van der Waals surface area contributed by atoms with Gasteiger partial charge in [0, 0.05) is 24.3 Å². The van der Waals surface area contributed by atoms with E-state index in [-0.39, 0.29) is 17.2 Å². The van der Waals surface area contributed by atoms with E-state index in [1.54, 1.807) is 18.2 Å². The number of benzene rings is 2. The van der Waals surface area contributed by atoms with Crippen molar-refractivity contribution < 1.29 is 13.2 Å². The lowest BCUT2D eigenvalue weighted by Crippen LogP contribution is -2.39. The summed E-state index contributed by atoms with van der Waals surface area (Å²) in [7, 11) is -3.56. The number of aryl methyl sites for hydroxylation is 1. The van der Waals surface area contributed by atoms with E-state index in [0.717, 1.165) is 24.1 Å². The maximum absolute atomic E-state index is 12.9. The van der Waals surface area contributed by atoms with Gasteiger partial charge in [-0.1, -0.05) is 31.2 Å². The van der Waals surface area contributed by atoms with Crippen LogP contribution in [0.15, 0.2) is 53.4 Å². The SMILES string of the molecule is Cc1cccc(NCC(=O)c2cccc(S(=O)(=O)N3CCCC(C)C3)c2)c1. The van der Waals surface area contributed by atoms with Gasteiger partial charge in [-0.25, -0.2) is 8.42 Å². The Labute approximate surface area is 161 Å². The highest BCUT2D eigenvalue weighted by Gasteiger charge is 2.29. The molecule has 0 amide bonds. The Morgan fingerprint density at radius 2 is 1.96 bits per heavy atom. The third kappa shape index (κ3) is 4.76. The van der Waals surface area contributed by atoms with Crippen molar-refractivity contribution in [1.29, 1.82) is 0 Å². The minimum atomic E-state index is -3.56. The van der Waals surface area contributed by atoms with Gasteiger partial charge in [-0.15, -0.1) is 0 Å². The first-order valence-corrected chi connectivity index (χ1v) is 10.7. The highest BCUT2D eigenvalue weighted by molar-refractivity contribution is 7.89. The van der Waals surface area contributed by atoms with Gasteiger partial charge < -0.3 is 5.32 Å². The molecule has 2 aromatic carbocycles. The molecular weight excluding hydrogens is 360 g/mol. The Hall–Kier alpha value is -2.18. The number of Topliss-reactive ketones (excluding diaryl/α,β-unsaturated/α-hetero) is 1. The monoisotopic (exact) mass is 386 g/mol. The second-order valence-corrected chi connectivity index (χ2v) is 9.22.